The number of hydrogen-bond acceptors (Lipinski definition) is 4. The van der Waals surface area contributed by atoms with Crippen LogP contribution in [0.15, 0.2) is 6.07 Å². The lowest BCUT2D eigenvalue weighted by Crippen LogP contribution is -2.49. The fraction of sp³-hybridized carbons (Fsp3) is 0.737. The van der Waals surface area contributed by atoms with Gasteiger partial charge in [-0.1, -0.05) is 0 Å². The highest BCUT2D eigenvalue weighted by Gasteiger charge is 2.34. The number of aryl methyl sites for hydroxylation is 1. The summed E-state index contributed by atoms with van der Waals surface area (Å²) in [7, 11) is 6.11. The Balaban J connectivity index is 1.57. The van der Waals surface area contributed by atoms with E-state index < -0.39 is 0 Å². The maximum atomic E-state index is 12.8. The number of carbonyl (C=O) groups excluding carboxylic acids is 2. The molecule has 1 atom stereocenters. The lowest BCUT2D eigenvalue weighted by atomic mass is 9.93. The van der Waals surface area contributed by atoms with Crippen molar-refractivity contribution in [2.24, 2.45) is 7.05 Å². The van der Waals surface area contributed by atoms with Crippen LogP contribution in [0.25, 0.3) is 0 Å². The lowest BCUT2D eigenvalue weighted by molar-refractivity contribution is -0.143. The van der Waals surface area contributed by atoms with Crippen LogP contribution in [0.5, 0.6) is 0 Å². The minimum absolute atomic E-state index is 0.0908. The van der Waals surface area contributed by atoms with Crippen molar-refractivity contribution in [3.05, 3.63) is 17.5 Å². The summed E-state index contributed by atoms with van der Waals surface area (Å²) in [6.07, 6.45) is 3.32. The van der Waals surface area contributed by atoms with Crippen LogP contribution in [-0.4, -0.2) is 76.1 Å². The Morgan fingerprint density at radius 1 is 1.31 bits per heavy atom. The standard InChI is InChI=1S/C19H31N5O2/c1-14(24-9-5-6-18(24)25)19(26)23-10-7-15(8-11-23)17-12-16(13-21(2)3)22(4)20-17/h12,14-15H,5-11,13H2,1-4H3/t14-/m0/s1. The Kier molecular flexibility index (Phi) is 5.65. The van der Waals surface area contributed by atoms with E-state index in [0.717, 1.165) is 44.6 Å². The zero-order valence-electron chi connectivity index (χ0n) is 16.4. The molecule has 2 aliphatic heterocycles. The van der Waals surface area contributed by atoms with Gasteiger partial charge in [-0.3, -0.25) is 14.3 Å². The lowest BCUT2D eigenvalue weighted by Gasteiger charge is -2.35. The quantitative estimate of drug-likeness (QED) is 0.791. The molecular weight excluding hydrogens is 330 g/mol. The van der Waals surface area contributed by atoms with Gasteiger partial charge in [0.1, 0.15) is 6.04 Å². The molecule has 7 heteroatoms. The van der Waals surface area contributed by atoms with Crippen molar-refractivity contribution in [2.45, 2.75) is 51.1 Å². The molecule has 0 unspecified atom stereocenters. The van der Waals surface area contributed by atoms with E-state index in [2.05, 4.69) is 25.1 Å². The molecule has 7 nitrogen and oxygen atoms in total. The molecule has 144 valence electrons. The van der Waals surface area contributed by atoms with Crippen molar-refractivity contribution < 1.29 is 9.59 Å². The third kappa shape index (κ3) is 3.92. The summed E-state index contributed by atoms with van der Waals surface area (Å²) in [6.45, 7) is 4.95. The van der Waals surface area contributed by atoms with Crippen LogP contribution >= 0.6 is 0 Å². The van der Waals surface area contributed by atoms with Gasteiger partial charge < -0.3 is 14.7 Å². The Hall–Kier alpha value is -1.89. The second kappa shape index (κ2) is 7.78. The van der Waals surface area contributed by atoms with Gasteiger partial charge in [-0.25, -0.2) is 0 Å². The zero-order valence-corrected chi connectivity index (χ0v) is 16.4. The van der Waals surface area contributed by atoms with Crippen molar-refractivity contribution in [1.29, 1.82) is 0 Å². The van der Waals surface area contributed by atoms with Crippen LogP contribution in [0, 0.1) is 0 Å². The fourth-order valence-electron chi connectivity index (χ4n) is 4.07. The van der Waals surface area contributed by atoms with Crippen LogP contribution in [0.2, 0.25) is 0 Å². The molecule has 0 bridgehead atoms. The molecule has 1 aromatic heterocycles. The molecule has 26 heavy (non-hydrogen) atoms. The highest BCUT2D eigenvalue weighted by atomic mass is 16.2. The summed E-state index contributed by atoms with van der Waals surface area (Å²) in [6, 6.07) is 1.87. The van der Waals surface area contributed by atoms with Crippen molar-refractivity contribution >= 4 is 11.8 Å². The Morgan fingerprint density at radius 3 is 2.58 bits per heavy atom. The summed E-state index contributed by atoms with van der Waals surface area (Å²) in [4.78, 5) is 30.5. The van der Waals surface area contributed by atoms with E-state index in [1.807, 2.05) is 23.6 Å². The van der Waals surface area contributed by atoms with Crippen LogP contribution in [0.4, 0.5) is 0 Å². The number of amides is 2. The minimum atomic E-state index is -0.330. The first-order valence-electron chi connectivity index (χ1n) is 9.62. The molecule has 0 N–H and O–H groups in total. The van der Waals surface area contributed by atoms with E-state index in [9.17, 15) is 9.59 Å². The molecule has 2 saturated heterocycles. The molecule has 0 radical (unpaired) electrons. The van der Waals surface area contributed by atoms with Crippen LogP contribution < -0.4 is 0 Å². The topological polar surface area (TPSA) is 61.7 Å². The van der Waals surface area contributed by atoms with Gasteiger partial charge in [-0.05, 0) is 46.3 Å². The monoisotopic (exact) mass is 361 g/mol. The van der Waals surface area contributed by atoms with Crippen LogP contribution in [0.3, 0.4) is 0 Å². The molecule has 3 rings (SSSR count). The van der Waals surface area contributed by atoms with Gasteiger partial charge in [0.15, 0.2) is 0 Å². The van der Waals surface area contributed by atoms with Crippen LogP contribution in [0.1, 0.15) is 49.9 Å². The minimum Gasteiger partial charge on any atom is -0.341 e. The van der Waals surface area contributed by atoms with Gasteiger partial charge in [0, 0.05) is 45.6 Å². The molecule has 0 aromatic carbocycles. The Bertz CT molecular complexity index is 661. The van der Waals surface area contributed by atoms with E-state index in [1.165, 1.54) is 5.69 Å². The average molecular weight is 361 g/mol. The highest BCUT2D eigenvalue weighted by Crippen LogP contribution is 2.28. The Morgan fingerprint density at radius 2 is 2.00 bits per heavy atom. The third-order valence-electron chi connectivity index (χ3n) is 5.63. The number of carbonyl (C=O) groups is 2. The van der Waals surface area contributed by atoms with E-state index in [-0.39, 0.29) is 17.9 Å². The zero-order chi connectivity index (χ0) is 18.8. The SMILES string of the molecule is C[C@@H](C(=O)N1CCC(c2cc(CN(C)C)n(C)n2)CC1)N1CCCC1=O. The van der Waals surface area contributed by atoms with Crippen molar-refractivity contribution in [1.82, 2.24) is 24.5 Å². The van der Waals surface area contributed by atoms with Gasteiger partial charge >= 0.3 is 0 Å². The van der Waals surface area contributed by atoms with Gasteiger partial charge in [0.2, 0.25) is 11.8 Å². The first-order chi connectivity index (χ1) is 12.4. The predicted octanol–water partition coefficient (Wildman–Crippen LogP) is 1.20. The van der Waals surface area contributed by atoms with Crippen molar-refractivity contribution in [2.75, 3.05) is 33.7 Å². The second-order valence-corrected chi connectivity index (χ2v) is 7.89. The first-order valence-corrected chi connectivity index (χ1v) is 9.62. The number of aromatic nitrogens is 2. The molecule has 0 saturated carbocycles. The van der Waals surface area contributed by atoms with E-state index in [1.54, 1.807) is 4.90 Å². The molecular formula is C19H31N5O2. The van der Waals surface area contributed by atoms with Crippen molar-refractivity contribution in [3.63, 3.8) is 0 Å². The number of rotatable bonds is 5. The first kappa shape index (κ1) is 18.9. The van der Waals surface area contributed by atoms with Crippen LogP contribution in [-0.2, 0) is 23.2 Å². The van der Waals surface area contributed by atoms with Gasteiger partial charge in [0.05, 0.1) is 11.4 Å². The smallest absolute Gasteiger partial charge is 0.245 e. The van der Waals surface area contributed by atoms with Crippen molar-refractivity contribution in [3.8, 4) is 0 Å². The number of likely N-dealkylation sites (tertiary alicyclic amines) is 2. The number of piperidine rings is 1. The molecule has 0 aliphatic carbocycles. The van der Waals surface area contributed by atoms with E-state index in [4.69, 9.17) is 5.10 Å². The summed E-state index contributed by atoms with van der Waals surface area (Å²) < 4.78 is 1.97. The van der Waals surface area contributed by atoms with Gasteiger partial charge in [0.25, 0.3) is 0 Å². The Labute approximate surface area is 155 Å². The van der Waals surface area contributed by atoms with E-state index >= 15 is 0 Å². The number of nitrogens with zero attached hydrogens (tertiary/aromatic N) is 5. The molecule has 1 aromatic rings. The summed E-state index contributed by atoms with van der Waals surface area (Å²) in [5.41, 5.74) is 2.35. The summed E-state index contributed by atoms with van der Waals surface area (Å²) in [5.74, 6) is 0.612. The average Bonchev–Trinajstić information content (AvgIpc) is 3.19. The fourth-order valence-corrected chi connectivity index (χ4v) is 4.07. The second-order valence-electron chi connectivity index (χ2n) is 7.89. The molecule has 2 aliphatic rings. The molecule has 0 spiro atoms. The maximum Gasteiger partial charge on any atom is 0.245 e. The molecule has 2 amide bonds. The summed E-state index contributed by atoms with van der Waals surface area (Å²) in [5, 5.41) is 4.70. The van der Waals surface area contributed by atoms with E-state index in [0.29, 0.717) is 18.9 Å². The molecule has 2 fully saturated rings. The largest absolute Gasteiger partial charge is 0.341 e. The third-order valence-corrected chi connectivity index (χ3v) is 5.63. The van der Waals surface area contributed by atoms with Gasteiger partial charge in [-0.15, -0.1) is 0 Å². The normalized spacial score (nSPS) is 20.3. The summed E-state index contributed by atoms with van der Waals surface area (Å²) >= 11 is 0. The maximum absolute atomic E-state index is 12.8. The molecule has 3 heterocycles. The highest BCUT2D eigenvalue weighted by molar-refractivity contribution is 5.88. The number of hydrogen-bond donors (Lipinski definition) is 0. The van der Waals surface area contributed by atoms with Gasteiger partial charge in [-0.2, -0.15) is 5.10 Å². The predicted molar refractivity (Wildman–Crippen MR) is 99.6 cm³/mol.